The third-order valence-electron chi connectivity index (χ3n) is 7.75. The van der Waals surface area contributed by atoms with Crippen molar-refractivity contribution in [2.45, 2.75) is 127 Å². The average Bonchev–Trinajstić information content (AvgIpc) is 3.21. The van der Waals surface area contributed by atoms with Gasteiger partial charge in [0.15, 0.2) is 11.0 Å². The standard InChI is InChI=1S/C29H49F3N3O10PS/c1-3-4-5-6-7-8-9-10-11-12-13-14-17-42-18-21(33-25(38)29(30,31)32)19-43-46(40,41)44-20-22-24(37)28(2,39)26(45-22)35-16-15-23(36)34-27(35)47/h15-16,21-22,24,26,37,39H,3-14,17-20H2,1-2H3,(H,33,38)(H,40,41)(H,34,36,47)/t21-,22+,24?,26+,28+/m0/s1. The third-order valence-corrected chi connectivity index (χ3v) is 9.02. The number of phosphoric acid groups is 1. The molecule has 1 aliphatic rings. The van der Waals surface area contributed by atoms with E-state index in [1.54, 1.807) is 5.32 Å². The molecule has 18 heteroatoms. The van der Waals surface area contributed by atoms with Gasteiger partial charge in [0.1, 0.15) is 17.8 Å². The molecule has 1 aromatic rings. The van der Waals surface area contributed by atoms with Crippen molar-refractivity contribution in [1.82, 2.24) is 14.9 Å². The van der Waals surface area contributed by atoms with Crippen LogP contribution in [-0.2, 0) is 27.9 Å². The minimum absolute atomic E-state index is 0.124. The lowest BCUT2D eigenvalue weighted by Crippen LogP contribution is -2.47. The number of aromatic nitrogens is 2. The summed E-state index contributed by atoms with van der Waals surface area (Å²) in [6.07, 6.45) is 5.19. The van der Waals surface area contributed by atoms with Crippen LogP contribution in [0.25, 0.3) is 0 Å². The van der Waals surface area contributed by atoms with Gasteiger partial charge in [-0.2, -0.15) is 13.2 Å². The highest BCUT2D eigenvalue weighted by atomic mass is 32.1. The molecule has 1 aromatic heterocycles. The highest BCUT2D eigenvalue weighted by Crippen LogP contribution is 2.45. The van der Waals surface area contributed by atoms with Crippen molar-refractivity contribution >= 4 is 25.9 Å². The number of amides is 1. The highest BCUT2D eigenvalue weighted by molar-refractivity contribution is 7.71. The summed E-state index contributed by atoms with van der Waals surface area (Å²) in [5.41, 5.74) is -2.50. The van der Waals surface area contributed by atoms with E-state index in [0.717, 1.165) is 31.7 Å². The maximum atomic E-state index is 12.9. The van der Waals surface area contributed by atoms with E-state index in [4.69, 9.17) is 30.7 Å². The Morgan fingerprint density at radius 2 is 1.68 bits per heavy atom. The first kappa shape index (κ1) is 41.5. The molecule has 2 unspecified atom stereocenters. The third kappa shape index (κ3) is 14.8. The van der Waals surface area contributed by atoms with Crippen LogP contribution < -0.4 is 10.9 Å². The van der Waals surface area contributed by atoms with Gasteiger partial charge in [-0.25, -0.2) is 4.57 Å². The van der Waals surface area contributed by atoms with E-state index in [1.807, 2.05) is 0 Å². The number of alkyl halides is 3. The molecule has 272 valence electrons. The summed E-state index contributed by atoms with van der Waals surface area (Å²) >= 11 is 5.07. The van der Waals surface area contributed by atoms with Gasteiger partial charge in [-0.15, -0.1) is 0 Å². The largest absolute Gasteiger partial charge is 0.472 e. The SMILES string of the molecule is CCCCCCCCCCCCCCOC[C@@H](COP(=O)(O)OC[C@H]1O[C@@H](n2ccc(=O)[nH]c2=S)[C@](C)(O)C1O)NC(=O)C(F)(F)F. The molecule has 13 nitrogen and oxygen atoms in total. The number of hydrogen-bond donors (Lipinski definition) is 5. The number of H-pyrrole nitrogens is 1. The molecule has 0 aromatic carbocycles. The van der Waals surface area contributed by atoms with Crippen molar-refractivity contribution in [1.29, 1.82) is 0 Å². The maximum absolute atomic E-state index is 12.9. The van der Waals surface area contributed by atoms with Crippen LogP contribution in [0.5, 0.6) is 0 Å². The molecule has 1 saturated heterocycles. The number of unbranched alkanes of at least 4 members (excludes halogenated alkanes) is 11. The van der Waals surface area contributed by atoms with Crippen molar-refractivity contribution in [3.05, 3.63) is 27.4 Å². The van der Waals surface area contributed by atoms with Crippen LogP contribution in [0.1, 0.15) is 97.1 Å². The lowest BCUT2D eigenvalue weighted by Gasteiger charge is -2.28. The minimum Gasteiger partial charge on any atom is -0.387 e. The number of carbonyl (C=O) groups excluding carboxylic acids is 1. The fraction of sp³-hybridized carbons (Fsp3) is 0.828. The molecular weight excluding hydrogens is 670 g/mol. The quantitative estimate of drug-likeness (QED) is 0.0595. The monoisotopic (exact) mass is 719 g/mol. The number of halogens is 3. The molecule has 6 atom stereocenters. The van der Waals surface area contributed by atoms with Crippen LogP contribution >= 0.6 is 20.0 Å². The van der Waals surface area contributed by atoms with E-state index < -0.39 is 75.4 Å². The molecule has 2 rings (SSSR count). The molecule has 0 aliphatic carbocycles. The Labute approximate surface area is 277 Å². The van der Waals surface area contributed by atoms with Crippen molar-refractivity contribution in [3.63, 3.8) is 0 Å². The molecular formula is C29H49F3N3O10PS. The molecule has 2 heterocycles. The van der Waals surface area contributed by atoms with Crippen LogP contribution in [0.4, 0.5) is 13.2 Å². The predicted octanol–water partition coefficient (Wildman–Crippen LogP) is 4.81. The number of nitrogens with one attached hydrogen (secondary N) is 2. The van der Waals surface area contributed by atoms with E-state index in [2.05, 4.69) is 11.9 Å². The molecule has 0 radical (unpaired) electrons. The van der Waals surface area contributed by atoms with E-state index in [9.17, 15) is 42.4 Å². The summed E-state index contributed by atoms with van der Waals surface area (Å²) in [6, 6.07) is -0.330. The lowest BCUT2D eigenvalue weighted by molar-refractivity contribution is -0.175. The van der Waals surface area contributed by atoms with Crippen LogP contribution in [-0.4, -0.2) is 87.0 Å². The lowest BCUT2D eigenvalue weighted by atomic mass is 9.96. The zero-order chi connectivity index (χ0) is 35.1. The number of aliphatic hydroxyl groups excluding tert-OH is 1. The Morgan fingerprint density at radius 1 is 1.11 bits per heavy atom. The van der Waals surface area contributed by atoms with Gasteiger partial charge >= 0.3 is 19.9 Å². The second kappa shape index (κ2) is 20.1. The van der Waals surface area contributed by atoms with Gasteiger partial charge in [0.25, 0.3) is 5.56 Å². The fourth-order valence-electron chi connectivity index (χ4n) is 5.05. The van der Waals surface area contributed by atoms with Crippen molar-refractivity contribution in [3.8, 4) is 0 Å². The van der Waals surface area contributed by atoms with E-state index in [1.165, 1.54) is 62.6 Å². The van der Waals surface area contributed by atoms with E-state index in [0.29, 0.717) is 6.42 Å². The topological polar surface area (TPSA) is 182 Å². The van der Waals surface area contributed by atoms with Gasteiger partial charge < -0.3 is 29.9 Å². The van der Waals surface area contributed by atoms with Gasteiger partial charge in [-0.3, -0.25) is 28.2 Å². The maximum Gasteiger partial charge on any atom is 0.472 e. The summed E-state index contributed by atoms with van der Waals surface area (Å²) in [4.78, 5) is 35.5. The molecule has 0 saturated carbocycles. The molecule has 1 aliphatic heterocycles. The molecule has 47 heavy (non-hydrogen) atoms. The number of phosphoric ester groups is 1. The van der Waals surface area contributed by atoms with Crippen molar-refractivity contribution in [2.24, 2.45) is 0 Å². The van der Waals surface area contributed by atoms with Gasteiger partial charge in [-0.05, 0) is 25.6 Å². The Kier molecular flexibility index (Phi) is 17.7. The van der Waals surface area contributed by atoms with E-state index in [-0.39, 0.29) is 11.4 Å². The summed E-state index contributed by atoms with van der Waals surface area (Å²) < 4.78 is 73.0. The van der Waals surface area contributed by atoms with Crippen LogP contribution in [0, 0.1) is 4.77 Å². The highest BCUT2D eigenvalue weighted by Gasteiger charge is 2.53. The first-order chi connectivity index (χ1) is 22.1. The Hall–Kier alpha value is -1.69. The predicted molar refractivity (Wildman–Crippen MR) is 168 cm³/mol. The number of nitrogens with zero attached hydrogens (tertiary/aromatic N) is 1. The summed E-state index contributed by atoms with van der Waals surface area (Å²) in [6.45, 7) is 1.55. The molecule has 1 fully saturated rings. The zero-order valence-corrected chi connectivity index (χ0v) is 28.6. The normalized spacial score (nSPS) is 23.4. The first-order valence-corrected chi connectivity index (χ1v) is 17.9. The minimum atomic E-state index is -5.20. The average molecular weight is 720 g/mol. The van der Waals surface area contributed by atoms with Crippen LogP contribution in [0.2, 0.25) is 0 Å². The van der Waals surface area contributed by atoms with Gasteiger partial charge in [0, 0.05) is 18.9 Å². The summed E-state index contributed by atoms with van der Waals surface area (Å²) in [5.74, 6) is -2.27. The Bertz CT molecular complexity index is 1250. The molecule has 0 bridgehead atoms. The summed E-state index contributed by atoms with van der Waals surface area (Å²) in [7, 11) is -4.97. The smallest absolute Gasteiger partial charge is 0.387 e. The number of ether oxygens (including phenoxy) is 2. The van der Waals surface area contributed by atoms with Crippen LogP contribution in [0.15, 0.2) is 17.1 Å². The number of rotatable bonds is 23. The number of aliphatic hydroxyl groups is 2. The number of aromatic amines is 1. The van der Waals surface area contributed by atoms with Gasteiger partial charge in [0.05, 0.1) is 25.9 Å². The molecule has 5 N–H and O–H groups in total. The number of carbonyl (C=O) groups is 1. The second-order valence-electron chi connectivity index (χ2n) is 11.9. The first-order valence-electron chi connectivity index (χ1n) is 16.0. The summed E-state index contributed by atoms with van der Waals surface area (Å²) in [5, 5.41) is 23.1. The van der Waals surface area contributed by atoms with Gasteiger partial charge in [-0.1, -0.05) is 77.6 Å². The zero-order valence-electron chi connectivity index (χ0n) is 26.9. The fourth-order valence-corrected chi connectivity index (χ4v) is 6.08. The van der Waals surface area contributed by atoms with Crippen LogP contribution in [0.3, 0.4) is 0 Å². The van der Waals surface area contributed by atoms with E-state index >= 15 is 0 Å². The van der Waals surface area contributed by atoms with Crippen molar-refractivity contribution < 1.29 is 56.2 Å². The Morgan fingerprint density at radius 3 is 2.23 bits per heavy atom. The number of hydrogen-bond acceptors (Lipinski definition) is 10. The van der Waals surface area contributed by atoms with Gasteiger partial charge in [0.2, 0.25) is 0 Å². The molecule has 0 spiro atoms. The molecule has 1 amide bonds. The second-order valence-corrected chi connectivity index (χ2v) is 13.7. The van der Waals surface area contributed by atoms with Crippen molar-refractivity contribution in [2.75, 3.05) is 26.4 Å². The Balaban J connectivity index is 1.79.